The van der Waals surface area contributed by atoms with Crippen LogP contribution in [-0.2, 0) is 28.6 Å². The Bertz CT molecular complexity index is 622. The molecule has 1 fully saturated rings. The van der Waals surface area contributed by atoms with E-state index in [0.717, 1.165) is 32.4 Å². The molecule has 0 radical (unpaired) electrons. The number of hydrogen-bond donors (Lipinski definition) is 2. The zero-order valence-corrected chi connectivity index (χ0v) is 15.5. The molecule has 2 aliphatic heterocycles. The first-order valence-corrected chi connectivity index (χ1v) is 10.7. The maximum atomic E-state index is 12.3. The maximum Gasteiger partial charge on any atom is 0.223 e. The van der Waals surface area contributed by atoms with E-state index in [-0.39, 0.29) is 18.4 Å². The van der Waals surface area contributed by atoms with E-state index in [4.69, 9.17) is 0 Å². The second-order valence-electron chi connectivity index (χ2n) is 7.13. The molecule has 3 atom stereocenters. The molecular formula is C19H28N2O3S. The molecule has 138 valence electrons. The van der Waals surface area contributed by atoms with Gasteiger partial charge in [0.25, 0.3) is 0 Å². The van der Waals surface area contributed by atoms with Crippen LogP contribution in [0, 0.1) is 5.92 Å². The van der Waals surface area contributed by atoms with Crippen LogP contribution < -0.4 is 5.32 Å². The van der Waals surface area contributed by atoms with Gasteiger partial charge in [0.2, 0.25) is 5.91 Å². The van der Waals surface area contributed by atoms with Crippen LogP contribution in [0.3, 0.4) is 0 Å². The van der Waals surface area contributed by atoms with Crippen LogP contribution in [-0.4, -0.2) is 57.4 Å². The number of fused-ring (bicyclic) bond motifs is 1. The summed E-state index contributed by atoms with van der Waals surface area (Å²) in [5, 5.41) is 13.2. The van der Waals surface area contributed by atoms with E-state index >= 15 is 0 Å². The molecule has 2 heterocycles. The van der Waals surface area contributed by atoms with Gasteiger partial charge in [0.1, 0.15) is 0 Å². The molecule has 0 aromatic heterocycles. The van der Waals surface area contributed by atoms with E-state index in [9.17, 15) is 14.1 Å². The molecule has 1 saturated heterocycles. The van der Waals surface area contributed by atoms with E-state index in [1.807, 2.05) is 0 Å². The van der Waals surface area contributed by atoms with E-state index in [2.05, 4.69) is 34.5 Å². The molecule has 0 aliphatic carbocycles. The molecule has 0 saturated carbocycles. The molecule has 2 N–H and O–H groups in total. The van der Waals surface area contributed by atoms with Crippen molar-refractivity contribution in [1.29, 1.82) is 0 Å². The van der Waals surface area contributed by atoms with Crippen LogP contribution >= 0.6 is 0 Å². The fourth-order valence-corrected chi connectivity index (χ4v) is 4.95. The Balaban J connectivity index is 1.41. The number of carbonyl (C=O) groups is 1. The molecule has 2 unspecified atom stereocenters. The van der Waals surface area contributed by atoms with E-state index in [0.29, 0.717) is 24.5 Å². The molecule has 0 spiro atoms. The average molecular weight is 365 g/mol. The van der Waals surface area contributed by atoms with Crippen LogP contribution in [0.15, 0.2) is 24.3 Å². The first-order valence-electron chi connectivity index (χ1n) is 9.21. The summed E-state index contributed by atoms with van der Waals surface area (Å²) in [6.07, 6.45) is 2.79. The Hall–Kier alpha value is -1.24. The highest BCUT2D eigenvalue weighted by Gasteiger charge is 2.23. The highest BCUT2D eigenvalue weighted by molar-refractivity contribution is 7.84. The van der Waals surface area contributed by atoms with Crippen LogP contribution in [0.1, 0.15) is 30.4 Å². The molecule has 0 bridgehead atoms. The topological polar surface area (TPSA) is 69.6 Å². The predicted molar refractivity (Wildman–Crippen MR) is 99.7 cm³/mol. The number of aliphatic hydroxyl groups is 1. The number of aliphatic hydroxyl groups excluding tert-OH is 1. The molecule has 25 heavy (non-hydrogen) atoms. The highest BCUT2D eigenvalue weighted by atomic mass is 32.2. The standard InChI is InChI=1S/C19H28N2O3S/c22-18(12-20-19(23)16-6-3-10-25(24)11-8-16)14-21-9-7-15-4-1-2-5-17(15)13-21/h1-2,4-5,16,18,22H,3,6-14H2,(H,20,23)/t16?,18-,25?/m0/s1. The smallest absolute Gasteiger partial charge is 0.223 e. The lowest BCUT2D eigenvalue weighted by Crippen LogP contribution is -2.43. The number of benzene rings is 1. The average Bonchev–Trinajstić information content (AvgIpc) is 2.84. The third-order valence-electron chi connectivity index (χ3n) is 5.18. The Morgan fingerprint density at radius 1 is 1.28 bits per heavy atom. The van der Waals surface area contributed by atoms with Crippen LogP contribution in [0.25, 0.3) is 0 Å². The molecule has 1 aromatic carbocycles. The molecule has 3 rings (SSSR count). The van der Waals surface area contributed by atoms with Gasteiger partial charge in [0, 0.05) is 54.4 Å². The zero-order valence-electron chi connectivity index (χ0n) is 14.7. The lowest BCUT2D eigenvalue weighted by molar-refractivity contribution is -0.125. The Labute approximate surface area is 152 Å². The number of amides is 1. The summed E-state index contributed by atoms with van der Waals surface area (Å²) in [7, 11) is -0.767. The number of rotatable bonds is 5. The summed E-state index contributed by atoms with van der Waals surface area (Å²) in [5.74, 6) is 1.28. The van der Waals surface area contributed by atoms with E-state index in [1.54, 1.807) is 0 Å². The normalized spacial score (nSPS) is 25.6. The summed E-state index contributed by atoms with van der Waals surface area (Å²) in [6, 6.07) is 8.44. The summed E-state index contributed by atoms with van der Waals surface area (Å²) in [5.41, 5.74) is 2.73. The molecule has 2 aliphatic rings. The maximum absolute atomic E-state index is 12.3. The van der Waals surface area contributed by atoms with Crippen molar-refractivity contribution in [2.24, 2.45) is 5.92 Å². The van der Waals surface area contributed by atoms with Crippen molar-refractivity contribution in [2.75, 3.05) is 31.1 Å². The number of nitrogens with one attached hydrogen (secondary N) is 1. The van der Waals surface area contributed by atoms with Gasteiger partial charge in [0.15, 0.2) is 0 Å². The van der Waals surface area contributed by atoms with Gasteiger partial charge in [-0.05, 0) is 36.8 Å². The lowest BCUT2D eigenvalue weighted by atomic mass is 9.99. The number of hydrogen-bond acceptors (Lipinski definition) is 4. The van der Waals surface area contributed by atoms with Gasteiger partial charge in [-0.15, -0.1) is 0 Å². The first kappa shape index (κ1) is 18.5. The monoisotopic (exact) mass is 364 g/mol. The van der Waals surface area contributed by atoms with Crippen molar-refractivity contribution in [3.63, 3.8) is 0 Å². The van der Waals surface area contributed by atoms with Gasteiger partial charge in [0.05, 0.1) is 6.10 Å². The number of β-amino-alcohol motifs (C(OH)–C–C–N with tert-alkyl or cyclic N) is 1. The SMILES string of the molecule is O=C(NC[C@H](O)CN1CCc2ccccc2C1)C1CCCS(=O)CC1. The van der Waals surface area contributed by atoms with Gasteiger partial charge < -0.3 is 10.4 Å². The zero-order chi connectivity index (χ0) is 17.6. The van der Waals surface area contributed by atoms with Gasteiger partial charge in [-0.3, -0.25) is 13.9 Å². The molecule has 1 aromatic rings. The van der Waals surface area contributed by atoms with Crippen molar-refractivity contribution in [2.45, 2.75) is 38.3 Å². The van der Waals surface area contributed by atoms with Crippen LogP contribution in [0.2, 0.25) is 0 Å². The molecule has 6 heteroatoms. The lowest BCUT2D eigenvalue weighted by Gasteiger charge is -2.30. The fraction of sp³-hybridized carbons (Fsp3) is 0.632. The van der Waals surface area contributed by atoms with Crippen molar-refractivity contribution in [3.8, 4) is 0 Å². The third-order valence-corrected chi connectivity index (χ3v) is 6.62. The van der Waals surface area contributed by atoms with Crippen molar-refractivity contribution >= 4 is 16.7 Å². The summed E-state index contributed by atoms with van der Waals surface area (Å²) in [4.78, 5) is 14.5. The fourth-order valence-electron chi connectivity index (χ4n) is 3.71. The van der Waals surface area contributed by atoms with E-state index in [1.165, 1.54) is 11.1 Å². The van der Waals surface area contributed by atoms with Gasteiger partial charge in [-0.2, -0.15) is 0 Å². The second-order valence-corrected chi connectivity index (χ2v) is 8.82. The third kappa shape index (κ3) is 5.36. The van der Waals surface area contributed by atoms with Crippen molar-refractivity contribution < 1.29 is 14.1 Å². The summed E-state index contributed by atoms with van der Waals surface area (Å²) >= 11 is 0. The summed E-state index contributed by atoms with van der Waals surface area (Å²) < 4.78 is 11.6. The minimum atomic E-state index is -0.767. The van der Waals surface area contributed by atoms with Crippen LogP contribution in [0.4, 0.5) is 0 Å². The molecular weight excluding hydrogens is 336 g/mol. The minimum Gasteiger partial charge on any atom is -0.390 e. The van der Waals surface area contributed by atoms with Gasteiger partial charge in [-0.25, -0.2) is 0 Å². The first-order chi connectivity index (χ1) is 12.1. The Morgan fingerprint density at radius 3 is 2.92 bits per heavy atom. The molecule has 1 amide bonds. The van der Waals surface area contributed by atoms with Crippen molar-refractivity contribution in [1.82, 2.24) is 10.2 Å². The highest BCUT2D eigenvalue weighted by Crippen LogP contribution is 2.19. The Kier molecular flexibility index (Phi) is 6.62. The molecule has 5 nitrogen and oxygen atoms in total. The van der Waals surface area contributed by atoms with E-state index < -0.39 is 16.9 Å². The minimum absolute atomic E-state index is 0.00180. The Morgan fingerprint density at radius 2 is 2.08 bits per heavy atom. The second kappa shape index (κ2) is 8.92. The van der Waals surface area contributed by atoms with Crippen LogP contribution in [0.5, 0.6) is 0 Å². The number of carbonyl (C=O) groups excluding carboxylic acids is 1. The largest absolute Gasteiger partial charge is 0.390 e. The quantitative estimate of drug-likeness (QED) is 0.820. The van der Waals surface area contributed by atoms with Gasteiger partial charge >= 0.3 is 0 Å². The predicted octanol–water partition coefficient (Wildman–Crippen LogP) is 1.07. The van der Waals surface area contributed by atoms with Crippen molar-refractivity contribution in [3.05, 3.63) is 35.4 Å². The summed E-state index contributed by atoms with van der Waals surface area (Å²) in [6.45, 7) is 2.66. The van der Waals surface area contributed by atoms with Gasteiger partial charge in [-0.1, -0.05) is 24.3 Å². The number of nitrogens with zero attached hydrogens (tertiary/aromatic N) is 1.